The number of hydrogen-bond acceptors (Lipinski definition) is 4. The van der Waals surface area contributed by atoms with Gasteiger partial charge < -0.3 is 10.2 Å². The van der Waals surface area contributed by atoms with Crippen LogP contribution < -0.4 is 10.2 Å². The number of rotatable bonds is 5. The molecule has 2 heterocycles. The van der Waals surface area contributed by atoms with Crippen LogP contribution in [0.2, 0.25) is 0 Å². The monoisotopic (exact) mass is 279 g/mol. The lowest BCUT2D eigenvalue weighted by Gasteiger charge is -2.19. The zero-order valence-corrected chi connectivity index (χ0v) is 12.7. The highest BCUT2D eigenvalue weighted by Gasteiger charge is 2.21. The number of anilines is 1. The summed E-state index contributed by atoms with van der Waals surface area (Å²) in [5.74, 6) is 0.931. The highest BCUT2D eigenvalue weighted by molar-refractivity contribution is 7.13. The molecule has 1 saturated carbocycles. The summed E-state index contributed by atoms with van der Waals surface area (Å²) in [7, 11) is 0. The van der Waals surface area contributed by atoms with E-state index in [9.17, 15) is 0 Å². The van der Waals surface area contributed by atoms with Crippen LogP contribution in [-0.4, -0.2) is 24.1 Å². The van der Waals surface area contributed by atoms with Crippen molar-refractivity contribution in [2.75, 3.05) is 18.0 Å². The molecule has 0 amide bonds. The molecule has 1 aliphatic carbocycles. The Bertz CT molecular complexity index is 400. The van der Waals surface area contributed by atoms with Crippen molar-refractivity contribution in [1.29, 1.82) is 0 Å². The third kappa shape index (κ3) is 3.69. The van der Waals surface area contributed by atoms with Crippen LogP contribution >= 0.6 is 11.3 Å². The predicted molar refractivity (Wildman–Crippen MR) is 81.8 cm³/mol. The van der Waals surface area contributed by atoms with Crippen LogP contribution in [0.1, 0.15) is 51.1 Å². The lowest BCUT2D eigenvalue weighted by Crippen LogP contribution is -2.24. The molecule has 1 aromatic rings. The molecule has 0 aromatic carbocycles. The van der Waals surface area contributed by atoms with Gasteiger partial charge in [-0.25, -0.2) is 4.98 Å². The molecular formula is C15H25N3S. The van der Waals surface area contributed by atoms with E-state index in [2.05, 4.69) is 22.5 Å². The summed E-state index contributed by atoms with van der Waals surface area (Å²) >= 11 is 1.82. The van der Waals surface area contributed by atoms with Crippen LogP contribution in [0.5, 0.6) is 0 Å². The van der Waals surface area contributed by atoms with E-state index in [1.165, 1.54) is 62.4 Å². The minimum absolute atomic E-state index is 0.772. The van der Waals surface area contributed by atoms with E-state index in [0.717, 1.165) is 18.5 Å². The lowest BCUT2D eigenvalue weighted by molar-refractivity contribution is 0.459. The van der Waals surface area contributed by atoms with Gasteiger partial charge in [-0.1, -0.05) is 13.3 Å². The van der Waals surface area contributed by atoms with Gasteiger partial charge in [-0.05, 0) is 38.0 Å². The molecule has 0 spiro atoms. The first-order valence-electron chi connectivity index (χ1n) is 7.78. The molecule has 1 unspecified atom stereocenters. The fourth-order valence-electron chi connectivity index (χ4n) is 2.82. The number of aromatic nitrogens is 1. The van der Waals surface area contributed by atoms with Crippen molar-refractivity contribution in [2.45, 2.75) is 58.0 Å². The van der Waals surface area contributed by atoms with E-state index in [1.807, 2.05) is 11.3 Å². The van der Waals surface area contributed by atoms with Crippen LogP contribution in [0.4, 0.5) is 5.13 Å². The maximum absolute atomic E-state index is 4.81. The average Bonchev–Trinajstić information content (AvgIpc) is 3.20. The van der Waals surface area contributed by atoms with Crippen molar-refractivity contribution < 1.29 is 0 Å². The van der Waals surface area contributed by atoms with Crippen LogP contribution in [0.3, 0.4) is 0 Å². The number of thiazole rings is 1. The summed E-state index contributed by atoms with van der Waals surface area (Å²) in [6.07, 6.45) is 8.10. The van der Waals surface area contributed by atoms with Crippen molar-refractivity contribution in [1.82, 2.24) is 10.3 Å². The second kappa shape index (κ2) is 6.23. The van der Waals surface area contributed by atoms with Gasteiger partial charge in [0.1, 0.15) is 0 Å². The minimum Gasteiger partial charge on any atom is -0.348 e. The van der Waals surface area contributed by atoms with Gasteiger partial charge in [-0.2, -0.15) is 0 Å². The van der Waals surface area contributed by atoms with Gasteiger partial charge in [0.2, 0.25) is 0 Å². The van der Waals surface area contributed by atoms with Gasteiger partial charge in [-0.15, -0.1) is 11.3 Å². The Labute approximate surface area is 120 Å². The van der Waals surface area contributed by atoms with Crippen molar-refractivity contribution >= 4 is 16.5 Å². The average molecular weight is 279 g/mol. The van der Waals surface area contributed by atoms with Crippen LogP contribution in [0.15, 0.2) is 5.38 Å². The minimum atomic E-state index is 0.772. The molecule has 1 atom stereocenters. The Kier molecular flexibility index (Phi) is 4.38. The first kappa shape index (κ1) is 13.4. The molecule has 4 heteroatoms. The highest BCUT2D eigenvalue weighted by atomic mass is 32.1. The zero-order chi connectivity index (χ0) is 13.1. The zero-order valence-electron chi connectivity index (χ0n) is 11.9. The van der Waals surface area contributed by atoms with Crippen LogP contribution in [0.25, 0.3) is 0 Å². The molecule has 1 N–H and O–H groups in total. The molecular weight excluding hydrogens is 254 g/mol. The smallest absolute Gasteiger partial charge is 0.185 e. The Morgan fingerprint density at radius 1 is 1.32 bits per heavy atom. The predicted octanol–water partition coefficient (Wildman–Crippen LogP) is 3.41. The molecule has 2 aliphatic rings. The summed E-state index contributed by atoms with van der Waals surface area (Å²) in [6, 6.07) is 0.772. The largest absolute Gasteiger partial charge is 0.348 e. The standard InChI is InChI=1S/C15H25N3S/c1-2-12-4-3-8-18(9-7-12)15-17-14(11-19-15)10-16-13-5-6-13/h11-13,16H,2-10H2,1H3. The Hall–Kier alpha value is -0.610. The van der Waals surface area contributed by atoms with E-state index in [4.69, 9.17) is 4.98 Å². The molecule has 19 heavy (non-hydrogen) atoms. The molecule has 1 aromatic heterocycles. The third-order valence-electron chi connectivity index (χ3n) is 4.38. The molecule has 0 radical (unpaired) electrons. The molecule has 1 saturated heterocycles. The first-order chi connectivity index (χ1) is 9.35. The van der Waals surface area contributed by atoms with Gasteiger partial charge in [0.05, 0.1) is 5.69 Å². The first-order valence-corrected chi connectivity index (χ1v) is 8.66. The van der Waals surface area contributed by atoms with E-state index in [-0.39, 0.29) is 0 Å². The summed E-state index contributed by atoms with van der Waals surface area (Å²) in [5.41, 5.74) is 1.23. The highest BCUT2D eigenvalue weighted by Crippen LogP contribution is 2.27. The number of nitrogens with one attached hydrogen (secondary N) is 1. The van der Waals surface area contributed by atoms with Gasteiger partial charge in [-0.3, -0.25) is 0 Å². The topological polar surface area (TPSA) is 28.2 Å². The summed E-state index contributed by atoms with van der Waals surface area (Å²) in [5, 5.41) is 7.01. The third-order valence-corrected chi connectivity index (χ3v) is 5.33. The Balaban J connectivity index is 1.55. The van der Waals surface area contributed by atoms with Crippen molar-refractivity contribution in [3.8, 4) is 0 Å². The molecule has 3 nitrogen and oxygen atoms in total. The van der Waals surface area contributed by atoms with Crippen LogP contribution in [-0.2, 0) is 6.54 Å². The van der Waals surface area contributed by atoms with E-state index in [1.54, 1.807) is 0 Å². The fourth-order valence-corrected chi connectivity index (χ4v) is 3.70. The van der Waals surface area contributed by atoms with Gasteiger partial charge in [0, 0.05) is 31.1 Å². The fraction of sp³-hybridized carbons (Fsp3) is 0.800. The summed E-state index contributed by atoms with van der Waals surface area (Å²) in [6.45, 7) is 5.67. The second-order valence-corrected chi connectivity index (χ2v) is 6.81. The SMILES string of the molecule is CCC1CCCN(c2nc(CNC3CC3)cs2)CC1. The van der Waals surface area contributed by atoms with Gasteiger partial charge in [0.25, 0.3) is 0 Å². The van der Waals surface area contributed by atoms with Crippen LogP contribution in [0, 0.1) is 5.92 Å². The van der Waals surface area contributed by atoms with Gasteiger partial charge in [0.15, 0.2) is 5.13 Å². The van der Waals surface area contributed by atoms with E-state index < -0.39 is 0 Å². The maximum atomic E-state index is 4.81. The lowest BCUT2D eigenvalue weighted by atomic mass is 9.98. The van der Waals surface area contributed by atoms with E-state index in [0.29, 0.717) is 0 Å². The Morgan fingerprint density at radius 3 is 3.00 bits per heavy atom. The normalized spacial score (nSPS) is 24.5. The van der Waals surface area contributed by atoms with Crippen molar-refractivity contribution in [2.24, 2.45) is 5.92 Å². The van der Waals surface area contributed by atoms with Crippen molar-refractivity contribution in [3.63, 3.8) is 0 Å². The number of hydrogen-bond donors (Lipinski definition) is 1. The second-order valence-electron chi connectivity index (χ2n) is 5.97. The summed E-state index contributed by atoms with van der Waals surface area (Å²) < 4.78 is 0. The Morgan fingerprint density at radius 2 is 2.21 bits per heavy atom. The molecule has 1 aliphatic heterocycles. The molecule has 2 fully saturated rings. The van der Waals surface area contributed by atoms with E-state index >= 15 is 0 Å². The molecule has 106 valence electrons. The summed E-state index contributed by atoms with van der Waals surface area (Å²) in [4.78, 5) is 7.31. The molecule has 3 rings (SSSR count). The molecule has 0 bridgehead atoms. The maximum Gasteiger partial charge on any atom is 0.185 e. The van der Waals surface area contributed by atoms with Gasteiger partial charge >= 0.3 is 0 Å². The number of nitrogens with zero attached hydrogens (tertiary/aromatic N) is 2. The quantitative estimate of drug-likeness (QED) is 0.895. The van der Waals surface area contributed by atoms with Crippen molar-refractivity contribution in [3.05, 3.63) is 11.1 Å².